The zero-order chi connectivity index (χ0) is 19.0. The Balaban J connectivity index is 1.54. The molecule has 2 saturated heterocycles. The molecule has 0 N–H and O–H groups in total. The minimum atomic E-state index is -0.112. The molecule has 0 unspecified atom stereocenters. The van der Waals surface area contributed by atoms with Crippen molar-refractivity contribution in [2.24, 2.45) is 0 Å². The average molecular weight is 440 g/mol. The highest BCUT2D eigenvalue weighted by Crippen LogP contribution is 2.37. The number of benzene rings is 1. The van der Waals surface area contributed by atoms with Crippen molar-refractivity contribution in [2.45, 2.75) is 18.9 Å². The van der Waals surface area contributed by atoms with Gasteiger partial charge in [0.2, 0.25) is 0 Å². The molecular formula is C19H15Cl2NO3S2. The molecule has 0 bridgehead atoms. The maximum atomic E-state index is 12.7. The molecule has 1 aromatic carbocycles. The summed E-state index contributed by atoms with van der Waals surface area (Å²) >= 11 is 19.0. The number of ether oxygens (including phenoxy) is 1. The van der Waals surface area contributed by atoms with Gasteiger partial charge in [0.25, 0.3) is 5.91 Å². The van der Waals surface area contributed by atoms with Gasteiger partial charge in [-0.15, -0.1) is 0 Å². The molecule has 2 fully saturated rings. The van der Waals surface area contributed by atoms with E-state index in [0.717, 1.165) is 19.4 Å². The Morgan fingerprint density at radius 3 is 2.93 bits per heavy atom. The molecule has 0 aliphatic carbocycles. The number of rotatable bonds is 4. The number of carbonyl (C=O) groups is 1. The molecule has 4 nitrogen and oxygen atoms in total. The van der Waals surface area contributed by atoms with Crippen LogP contribution in [0.5, 0.6) is 0 Å². The summed E-state index contributed by atoms with van der Waals surface area (Å²) in [7, 11) is 0. The SMILES string of the molecule is O=C1/C(=C/c2ccc(-c3cccc(Cl)c3Cl)o2)SC(=S)N1C[C@@H]1CCCO1. The third kappa shape index (κ3) is 3.96. The largest absolute Gasteiger partial charge is 0.457 e. The van der Waals surface area contributed by atoms with Crippen molar-refractivity contribution in [3.63, 3.8) is 0 Å². The van der Waals surface area contributed by atoms with Crippen LogP contribution in [-0.2, 0) is 9.53 Å². The zero-order valence-corrected chi connectivity index (χ0v) is 17.3. The number of furan rings is 1. The van der Waals surface area contributed by atoms with Crippen LogP contribution in [-0.4, -0.2) is 34.4 Å². The van der Waals surface area contributed by atoms with Gasteiger partial charge in [0.05, 0.1) is 27.6 Å². The van der Waals surface area contributed by atoms with Gasteiger partial charge < -0.3 is 9.15 Å². The molecule has 0 saturated carbocycles. The van der Waals surface area contributed by atoms with Crippen LogP contribution in [0.3, 0.4) is 0 Å². The Morgan fingerprint density at radius 1 is 1.30 bits per heavy atom. The van der Waals surface area contributed by atoms with E-state index >= 15 is 0 Å². The van der Waals surface area contributed by atoms with E-state index in [4.69, 9.17) is 44.6 Å². The van der Waals surface area contributed by atoms with Crippen molar-refractivity contribution in [1.82, 2.24) is 4.90 Å². The van der Waals surface area contributed by atoms with Crippen LogP contribution in [0.1, 0.15) is 18.6 Å². The normalized spacial score (nSPS) is 21.6. The molecule has 8 heteroatoms. The van der Waals surface area contributed by atoms with Crippen molar-refractivity contribution in [1.29, 1.82) is 0 Å². The lowest BCUT2D eigenvalue weighted by atomic mass is 10.2. The molecule has 140 valence electrons. The molecule has 3 heterocycles. The van der Waals surface area contributed by atoms with Crippen molar-refractivity contribution in [2.75, 3.05) is 13.2 Å². The summed E-state index contributed by atoms with van der Waals surface area (Å²) < 4.78 is 12.0. The fourth-order valence-corrected chi connectivity index (χ4v) is 4.70. The first-order valence-electron chi connectivity index (χ1n) is 8.44. The minimum Gasteiger partial charge on any atom is -0.457 e. The number of thioether (sulfide) groups is 1. The highest BCUT2D eigenvalue weighted by atomic mass is 35.5. The van der Waals surface area contributed by atoms with Gasteiger partial charge in [-0.05, 0) is 37.1 Å². The molecule has 1 atom stereocenters. The van der Waals surface area contributed by atoms with E-state index in [9.17, 15) is 4.79 Å². The second-order valence-electron chi connectivity index (χ2n) is 6.23. The number of hydrogen-bond donors (Lipinski definition) is 0. The first kappa shape index (κ1) is 19.0. The van der Waals surface area contributed by atoms with E-state index < -0.39 is 0 Å². The number of hydrogen-bond acceptors (Lipinski definition) is 5. The predicted octanol–water partition coefficient (Wildman–Crippen LogP) is 5.63. The van der Waals surface area contributed by atoms with Crippen molar-refractivity contribution < 1.29 is 13.9 Å². The van der Waals surface area contributed by atoms with E-state index in [-0.39, 0.29) is 12.0 Å². The van der Waals surface area contributed by atoms with Crippen LogP contribution < -0.4 is 0 Å². The fraction of sp³-hybridized carbons (Fsp3) is 0.263. The summed E-state index contributed by atoms with van der Waals surface area (Å²) in [4.78, 5) is 14.8. The van der Waals surface area contributed by atoms with Gasteiger partial charge >= 0.3 is 0 Å². The molecule has 1 amide bonds. The zero-order valence-electron chi connectivity index (χ0n) is 14.1. The maximum absolute atomic E-state index is 12.7. The Labute approximate surface area is 176 Å². The second kappa shape index (κ2) is 7.97. The lowest BCUT2D eigenvalue weighted by molar-refractivity contribution is -0.123. The molecular weight excluding hydrogens is 425 g/mol. The predicted molar refractivity (Wildman–Crippen MR) is 113 cm³/mol. The summed E-state index contributed by atoms with van der Waals surface area (Å²) in [5.41, 5.74) is 0.703. The summed E-state index contributed by atoms with van der Waals surface area (Å²) in [6.07, 6.45) is 3.75. The van der Waals surface area contributed by atoms with E-state index in [1.54, 1.807) is 29.2 Å². The number of nitrogens with zero attached hydrogens (tertiary/aromatic N) is 1. The molecule has 2 aliphatic rings. The van der Waals surface area contributed by atoms with Gasteiger partial charge in [-0.3, -0.25) is 9.69 Å². The van der Waals surface area contributed by atoms with E-state index in [0.29, 0.717) is 42.9 Å². The fourth-order valence-electron chi connectivity index (χ4n) is 3.05. The Hall–Kier alpha value is -1.31. The van der Waals surface area contributed by atoms with E-state index in [1.165, 1.54) is 11.8 Å². The highest BCUT2D eigenvalue weighted by molar-refractivity contribution is 8.26. The van der Waals surface area contributed by atoms with Crippen molar-refractivity contribution in [3.8, 4) is 11.3 Å². The topological polar surface area (TPSA) is 42.7 Å². The molecule has 2 aliphatic heterocycles. The molecule has 0 spiro atoms. The van der Waals surface area contributed by atoms with Crippen LogP contribution in [0.2, 0.25) is 10.0 Å². The number of thiocarbonyl (C=S) groups is 1. The first-order valence-corrected chi connectivity index (χ1v) is 10.4. The van der Waals surface area contributed by atoms with Crippen molar-refractivity contribution >= 4 is 63.5 Å². The van der Waals surface area contributed by atoms with Gasteiger partial charge in [0.15, 0.2) is 0 Å². The van der Waals surface area contributed by atoms with E-state index in [2.05, 4.69) is 0 Å². The standard InChI is InChI=1S/C19H15Cl2NO3S2/c20-14-5-1-4-13(17(14)21)15-7-6-11(25-15)9-16-18(23)22(19(26)27-16)10-12-3-2-8-24-12/h1,4-7,9,12H,2-3,8,10H2/b16-9-/t12-/m0/s1. The van der Waals surface area contributed by atoms with Crippen molar-refractivity contribution in [3.05, 3.63) is 51.0 Å². The van der Waals surface area contributed by atoms with E-state index in [1.807, 2.05) is 12.1 Å². The molecule has 2 aromatic rings. The van der Waals surface area contributed by atoms with Gasteiger partial charge in [-0.2, -0.15) is 0 Å². The van der Waals surface area contributed by atoms with Gasteiger partial charge in [-0.1, -0.05) is 53.2 Å². The molecule has 1 aromatic heterocycles. The minimum absolute atomic E-state index is 0.0621. The lowest BCUT2D eigenvalue weighted by Crippen LogP contribution is -2.35. The smallest absolute Gasteiger partial charge is 0.266 e. The Kier molecular flexibility index (Phi) is 5.62. The maximum Gasteiger partial charge on any atom is 0.266 e. The third-order valence-electron chi connectivity index (χ3n) is 4.40. The second-order valence-corrected chi connectivity index (χ2v) is 8.69. The quantitative estimate of drug-likeness (QED) is 0.455. The monoisotopic (exact) mass is 439 g/mol. The third-order valence-corrected chi connectivity index (χ3v) is 6.60. The Bertz CT molecular complexity index is 935. The molecule has 4 rings (SSSR count). The number of halogens is 2. The number of amides is 1. The van der Waals surface area contributed by atoms with Gasteiger partial charge in [0, 0.05) is 18.2 Å². The average Bonchev–Trinajstić information content (AvgIpc) is 3.37. The molecule has 27 heavy (non-hydrogen) atoms. The highest BCUT2D eigenvalue weighted by Gasteiger charge is 2.34. The summed E-state index contributed by atoms with van der Waals surface area (Å²) in [5, 5.41) is 0.894. The van der Waals surface area contributed by atoms with Crippen LogP contribution in [0.4, 0.5) is 0 Å². The van der Waals surface area contributed by atoms with Crippen LogP contribution in [0.25, 0.3) is 17.4 Å². The summed E-state index contributed by atoms with van der Waals surface area (Å²) in [6, 6.07) is 8.95. The number of carbonyl (C=O) groups excluding carboxylic acids is 1. The first-order chi connectivity index (χ1) is 13.0. The van der Waals surface area contributed by atoms with Gasteiger partial charge in [-0.25, -0.2) is 0 Å². The lowest BCUT2D eigenvalue weighted by Gasteiger charge is -2.18. The van der Waals surface area contributed by atoms with Crippen LogP contribution >= 0.6 is 47.2 Å². The summed E-state index contributed by atoms with van der Waals surface area (Å²) in [6.45, 7) is 1.25. The molecule has 0 radical (unpaired) electrons. The van der Waals surface area contributed by atoms with Crippen LogP contribution in [0.15, 0.2) is 39.7 Å². The van der Waals surface area contributed by atoms with Gasteiger partial charge in [0.1, 0.15) is 15.8 Å². The van der Waals surface area contributed by atoms with Crippen LogP contribution in [0, 0.1) is 0 Å². The summed E-state index contributed by atoms with van der Waals surface area (Å²) in [5.74, 6) is 1.03. The Morgan fingerprint density at radius 2 is 2.15 bits per heavy atom.